The fraction of sp³-hybridized carbons (Fsp3) is 0.417. The molecule has 0 bridgehead atoms. The van der Waals surface area contributed by atoms with Gasteiger partial charge in [0.15, 0.2) is 0 Å². The van der Waals surface area contributed by atoms with Crippen LogP contribution < -0.4 is 5.32 Å². The van der Waals surface area contributed by atoms with E-state index in [0.29, 0.717) is 12.1 Å². The molecule has 0 aromatic heterocycles. The standard InChI is InChI=1S/C12H16N2O/c1-2-5-11(15)9-14-12-7-4-3-6-10(12)8-13/h3-4,6-7,11,14-15H,2,5,9H2,1H3. The highest BCUT2D eigenvalue weighted by atomic mass is 16.3. The first kappa shape index (κ1) is 11.5. The minimum Gasteiger partial charge on any atom is -0.391 e. The summed E-state index contributed by atoms with van der Waals surface area (Å²) in [5.74, 6) is 0. The van der Waals surface area contributed by atoms with E-state index in [1.807, 2.05) is 25.1 Å². The van der Waals surface area contributed by atoms with E-state index in [-0.39, 0.29) is 6.10 Å². The zero-order valence-corrected chi connectivity index (χ0v) is 8.90. The maximum absolute atomic E-state index is 9.53. The molecular formula is C12H16N2O. The van der Waals surface area contributed by atoms with Crippen LogP contribution in [-0.4, -0.2) is 17.8 Å². The van der Waals surface area contributed by atoms with Crippen LogP contribution >= 0.6 is 0 Å². The quantitative estimate of drug-likeness (QED) is 0.772. The predicted octanol–water partition coefficient (Wildman–Crippen LogP) is 2.13. The van der Waals surface area contributed by atoms with Crippen molar-refractivity contribution in [3.63, 3.8) is 0 Å². The minimum atomic E-state index is -0.346. The van der Waals surface area contributed by atoms with Crippen LogP contribution in [0.1, 0.15) is 25.3 Å². The zero-order chi connectivity index (χ0) is 11.1. The van der Waals surface area contributed by atoms with E-state index in [0.717, 1.165) is 18.5 Å². The summed E-state index contributed by atoms with van der Waals surface area (Å²) >= 11 is 0. The molecule has 0 heterocycles. The Kier molecular flexibility index (Phi) is 4.65. The number of nitrogens with zero attached hydrogens (tertiary/aromatic N) is 1. The van der Waals surface area contributed by atoms with Gasteiger partial charge in [-0.1, -0.05) is 25.5 Å². The number of nitrogens with one attached hydrogen (secondary N) is 1. The van der Waals surface area contributed by atoms with E-state index in [2.05, 4.69) is 11.4 Å². The lowest BCUT2D eigenvalue weighted by Crippen LogP contribution is -2.19. The Morgan fingerprint density at radius 3 is 2.87 bits per heavy atom. The van der Waals surface area contributed by atoms with Crippen molar-refractivity contribution in [2.45, 2.75) is 25.9 Å². The van der Waals surface area contributed by atoms with Gasteiger partial charge in [-0.2, -0.15) is 5.26 Å². The van der Waals surface area contributed by atoms with E-state index < -0.39 is 0 Å². The fourth-order valence-corrected chi connectivity index (χ4v) is 1.40. The number of aliphatic hydroxyl groups is 1. The highest BCUT2D eigenvalue weighted by Gasteiger charge is 2.04. The second-order valence-electron chi connectivity index (χ2n) is 3.48. The summed E-state index contributed by atoms with van der Waals surface area (Å²) in [6.07, 6.45) is 1.39. The highest BCUT2D eigenvalue weighted by molar-refractivity contribution is 5.57. The molecule has 1 atom stereocenters. The van der Waals surface area contributed by atoms with Gasteiger partial charge in [0, 0.05) is 6.54 Å². The van der Waals surface area contributed by atoms with Crippen LogP contribution in [0.3, 0.4) is 0 Å². The Morgan fingerprint density at radius 2 is 2.20 bits per heavy atom. The van der Waals surface area contributed by atoms with Crippen molar-refractivity contribution in [3.05, 3.63) is 29.8 Å². The van der Waals surface area contributed by atoms with Gasteiger partial charge in [-0.25, -0.2) is 0 Å². The van der Waals surface area contributed by atoms with Crippen molar-refractivity contribution in [2.24, 2.45) is 0 Å². The van der Waals surface area contributed by atoms with Crippen molar-refractivity contribution in [1.82, 2.24) is 0 Å². The van der Waals surface area contributed by atoms with Crippen LogP contribution in [-0.2, 0) is 0 Å². The zero-order valence-electron chi connectivity index (χ0n) is 8.90. The third-order valence-electron chi connectivity index (χ3n) is 2.20. The summed E-state index contributed by atoms with van der Waals surface area (Å²) in [5.41, 5.74) is 1.40. The third-order valence-corrected chi connectivity index (χ3v) is 2.20. The average molecular weight is 204 g/mol. The first-order valence-electron chi connectivity index (χ1n) is 5.19. The van der Waals surface area contributed by atoms with Crippen molar-refractivity contribution in [3.8, 4) is 6.07 Å². The normalized spacial score (nSPS) is 11.8. The molecule has 0 amide bonds. The van der Waals surface area contributed by atoms with Gasteiger partial charge in [0.25, 0.3) is 0 Å². The van der Waals surface area contributed by atoms with Gasteiger partial charge in [0.2, 0.25) is 0 Å². The molecule has 15 heavy (non-hydrogen) atoms. The topological polar surface area (TPSA) is 56.0 Å². The third kappa shape index (κ3) is 3.61. The summed E-state index contributed by atoms with van der Waals surface area (Å²) in [6.45, 7) is 2.53. The van der Waals surface area contributed by atoms with Gasteiger partial charge in [0.05, 0.1) is 17.4 Å². The molecule has 0 radical (unpaired) electrons. The lowest BCUT2D eigenvalue weighted by atomic mass is 10.1. The number of para-hydroxylation sites is 1. The second-order valence-corrected chi connectivity index (χ2v) is 3.48. The Labute approximate surface area is 90.4 Å². The number of rotatable bonds is 5. The minimum absolute atomic E-state index is 0.346. The van der Waals surface area contributed by atoms with Gasteiger partial charge in [-0.3, -0.25) is 0 Å². The summed E-state index contributed by atoms with van der Waals surface area (Å²) in [4.78, 5) is 0. The van der Waals surface area contributed by atoms with Crippen LogP contribution in [0.25, 0.3) is 0 Å². The van der Waals surface area contributed by atoms with Crippen molar-refractivity contribution < 1.29 is 5.11 Å². The lowest BCUT2D eigenvalue weighted by molar-refractivity contribution is 0.176. The molecule has 80 valence electrons. The molecule has 0 fully saturated rings. The van der Waals surface area contributed by atoms with Crippen LogP contribution in [0.15, 0.2) is 24.3 Å². The van der Waals surface area contributed by atoms with E-state index >= 15 is 0 Å². The van der Waals surface area contributed by atoms with Crippen molar-refractivity contribution in [1.29, 1.82) is 5.26 Å². The summed E-state index contributed by atoms with van der Waals surface area (Å²) in [7, 11) is 0. The predicted molar refractivity (Wildman–Crippen MR) is 60.6 cm³/mol. The van der Waals surface area contributed by atoms with Gasteiger partial charge >= 0.3 is 0 Å². The molecule has 1 aromatic carbocycles. The van der Waals surface area contributed by atoms with E-state index in [1.165, 1.54) is 0 Å². The monoisotopic (exact) mass is 204 g/mol. The molecule has 0 aliphatic carbocycles. The molecule has 0 aliphatic rings. The van der Waals surface area contributed by atoms with Gasteiger partial charge < -0.3 is 10.4 Å². The molecule has 0 aliphatic heterocycles. The Bertz CT molecular complexity index is 344. The molecule has 0 saturated carbocycles. The Hall–Kier alpha value is -1.53. The number of anilines is 1. The first-order chi connectivity index (χ1) is 7.27. The molecule has 0 spiro atoms. The molecule has 0 saturated heterocycles. The molecule has 1 aromatic rings. The van der Waals surface area contributed by atoms with E-state index in [9.17, 15) is 5.11 Å². The van der Waals surface area contributed by atoms with Crippen LogP contribution in [0.2, 0.25) is 0 Å². The SMILES string of the molecule is CCCC(O)CNc1ccccc1C#N. The smallest absolute Gasteiger partial charge is 0.101 e. The maximum Gasteiger partial charge on any atom is 0.101 e. The molecule has 3 nitrogen and oxygen atoms in total. The average Bonchev–Trinajstić information content (AvgIpc) is 2.27. The molecule has 3 heteroatoms. The number of hydrogen-bond donors (Lipinski definition) is 2. The summed E-state index contributed by atoms with van der Waals surface area (Å²) in [6, 6.07) is 9.41. The number of benzene rings is 1. The van der Waals surface area contributed by atoms with Gasteiger partial charge in [-0.15, -0.1) is 0 Å². The Morgan fingerprint density at radius 1 is 1.47 bits per heavy atom. The van der Waals surface area contributed by atoms with Gasteiger partial charge in [-0.05, 0) is 18.6 Å². The summed E-state index contributed by atoms with van der Waals surface area (Å²) < 4.78 is 0. The molecular weight excluding hydrogens is 188 g/mol. The largest absolute Gasteiger partial charge is 0.391 e. The van der Waals surface area contributed by atoms with Crippen LogP contribution in [0.5, 0.6) is 0 Å². The molecule has 2 N–H and O–H groups in total. The number of nitriles is 1. The molecule has 1 rings (SSSR count). The highest BCUT2D eigenvalue weighted by Crippen LogP contribution is 2.13. The van der Waals surface area contributed by atoms with E-state index in [4.69, 9.17) is 5.26 Å². The lowest BCUT2D eigenvalue weighted by Gasteiger charge is -2.12. The fourth-order valence-electron chi connectivity index (χ4n) is 1.40. The van der Waals surface area contributed by atoms with E-state index in [1.54, 1.807) is 6.07 Å². The van der Waals surface area contributed by atoms with Crippen LogP contribution in [0.4, 0.5) is 5.69 Å². The number of hydrogen-bond acceptors (Lipinski definition) is 3. The maximum atomic E-state index is 9.53. The Balaban J connectivity index is 2.54. The molecule has 1 unspecified atom stereocenters. The van der Waals surface area contributed by atoms with Crippen LogP contribution in [0, 0.1) is 11.3 Å². The first-order valence-corrected chi connectivity index (χ1v) is 5.19. The van der Waals surface area contributed by atoms with Crippen molar-refractivity contribution in [2.75, 3.05) is 11.9 Å². The summed E-state index contributed by atoms with van der Waals surface area (Å²) in [5, 5.41) is 21.4. The number of aliphatic hydroxyl groups excluding tert-OH is 1. The van der Waals surface area contributed by atoms with Gasteiger partial charge in [0.1, 0.15) is 6.07 Å². The second kappa shape index (κ2) is 6.05. The van der Waals surface area contributed by atoms with Crippen molar-refractivity contribution >= 4 is 5.69 Å².